The van der Waals surface area contributed by atoms with E-state index in [1.165, 1.54) is 0 Å². The van der Waals surface area contributed by atoms with Crippen LogP contribution in [0.25, 0.3) is 0 Å². The second kappa shape index (κ2) is 2.36. The quantitative estimate of drug-likeness (QED) is 0.371. The van der Waals surface area contributed by atoms with Crippen LogP contribution in [-0.4, -0.2) is 16.0 Å². The van der Waals surface area contributed by atoms with Crippen molar-refractivity contribution in [1.29, 1.82) is 0 Å². The Kier molecular flexibility index (Phi) is 1.62. The van der Waals surface area contributed by atoms with Gasteiger partial charge in [0.05, 0.1) is 5.92 Å². The van der Waals surface area contributed by atoms with Crippen LogP contribution in [0.2, 0.25) is 0 Å². The van der Waals surface area contributed by atoms with E-state index in [0.29, 0.717) is 3.92 Å². The number of carbonyl (C=O) groups is 1. The van der Waals surface area contributed by atoms with E-state index in [-0.39, 0.29) is 18.0 Å². The van der Waals surface area contributed by atoms with Crippen molar-refractivity contribution in [2.24, 2.45) is 5.92 Å². The Balaban J connectivity index is 2.15. The largest absolute Gasteiger partial charge is 0.461 e. The van der Waals surface area contributed by atoms with Crippen LogP contribution in [-0.2, 0) is 9.53 Å². The summed E-state index contributed by atoms with van der Waals surface area (Å²) < 4.78 is 5.72. The van der Waals surface area contributed by atoms with Crippen molar-refractivity contribution < 1.29 is 9.53 Å². The number of rotatable bonds is 0. The Hall–Kier alpha value is 0.200. The molecule has 0 spiro atoms. The highest BCUT2D eigenvalue weighted by molar-refractivity contribution is 14.1. The van der Waals surface area contributed by atoms with Crippen molar-refractivity contribution in [3.8, 4) is 0 Å². The van der Waals surface area contributed by atoms with Crippen molar-refractivity contribution in [2.45, 2.75) is 29.3 Å². The first-order valence-corrected chi connectivity index (χ1v) is 4.86. The van der Waals surface area contributed by atoms with Gasteiger partial charge >= 0.3 is 5.97 Å². The molecule has 0 aromatic heterocycles. The minimum Gasteiger partial charge on any atom is -0.461 e. The molecule has 0 N–H and O–H groups in total. The fraction of sp³-hybridized carbons (Fsp3) is 0.857. The number of hydrogen-bond donors (Lipinski definition) is 0. The molecule has 2 bridgehead atoms. The molecule has 1 saturated heterocycles. The van der Waals surface area contributed by atoms with Crippen LogP contribution in [0.4, 0.5) is 0 Å². The Labute approximate surface area is 73.5 Å². The first-order chi connectivity index (χ1) is 4.77. The third-order valence-corrected chi connectivity index (χ3v) is 3.74. The van der Waals surface area contributed by atoms with Crippen LogP contribution in [0.3, 0.4) is 0 Å². The molecule has 3 atom stereocenters. The van der Waals surface area contributed by atoms with Gasteiger partial charge in [0.25, 0.3) is 0 Å². The van der Waals surface area contributed by atoms with Gasteiger partial charge in [0.15, 0.2) is 0 Å². The Morgan fingerprint density at radius 2 is 2.30 bits per heavy atom. The summed E-state index contributed by atoms with van der Waals surface area (Å²) in [5.41, 5.74) is 0. The lowest BCUT2D eigenvalue weighted by molar-refractivity contribution is -0.143. The van der Waals surface area contributed by atoms with Gasteiger partial charge in [0.2, 0.25) is 0 Å². The predicted octanol–water partition coefficient (Wildman–Crippen LogP) is 1.52. The first-order valence-electron chi connectivity index (χ1n) is 3.62. The van der Waals surface area contributed by atoms with Gasteiger partial charge in [-0.05, 0) is 19.3 Å². The minimum absolute atomic E-state index is 0.0455. The van der Waals surface area contributed by atoms with Gasteiger partial charge in [-0.2, -0.15) is 0 Å². The molecule has 2 aliphatic rings. The van der Waals surface area contributed by atoms with Crippen molar-refractivity contribution in [1.82, 2.24) is 0 Å². The molecule has 0 amide bonds. The van der Waals surface area contributed by atoms with Crippen LogP contribution >= 0.6 is 22.6 Å². The number of hydrogen-bond acceptors (Lipinski definition) is 2. The van der Waals surface area contributed by atoms with Crippen molar-refractivity contribution >= 4 is 28.6 Å². The molecule has 1 saturated carbocycles. The lowest BCUT2D eigenvalue weighted by Crippen LogP contribution is -2.22. The molecule has 56 valence electrons. The Morgan fingerprint density at radius 1 is 1.50 bits per heavy atom. The average Bonchev–Trinajstić information content (AvgIpc) is 2.21. The minimum atomic E-state index is 0.0455. The summed E-state index contributed by atoms with van der Waals surface area (Å²) >= 11 is 2.38. The van der Waals surface area contributed by atoms with Gasteiger partial charge in [-0.3, -0.25) is 4.79 Å². The summed E-state index contributed by atoms with van der Waals surface area (Å²) in [6, 6.07) is 0. The molecule has 1 heterocycles. The number of carbonyl (C=O) groups excluding carboxylic acids is 1. The molecule has 2 nitrogen and oxygen atoms in total. The summed E-state index contributed by atoms with van der Waals surface area (Å²) in [6.45, 7) is 0. The average molecular weight is 252 g/mol. The van der Waals surface area contributed by atoms with E-state index in [9.17, 15) is 4.79 Å². The SMILES string of the molecule is O=C1O[C@@H]2CC1CC[C@H]2I. The van der Waals surface area contributed by atoms with Gasteiger partial charge < -0.3 is 4.74 Å². The maximum absolute atomic E-state index is 11.0. The highest BCUT2D eigenvalue weighted by Crippen LogP contribution is 2.37. The fourth-order valence-corrected chi connectivity index (χ4v) is 2.47. The van der Waals surface area contributed by atoms with Crippen LogP contribution in [0.5, 0.6) is 0 Å². The molecule has 0 radical (unpaired) electrons. The third-order valence-electron chi connectivity index (χ3n) is 2.31. The number of ether oxygens (including phenoxy) is 1. The van der Waals surface area contributed by atoms with Crippen molar-refractivity contribution in [3.05, 3.63) is 0 Å². The number of fused-ring (bicyclic) bond motifs is 2. The van der Waals surface area contributed by atoms with E-state index >= 15 is 0 Å². The van der Waals surface area contributed by atoms with Crippen molar-refractivity contribution in [2.75, 3.05) is 0 Å². The molecular weight excluding hydrogens is 243 g/mol. The number of halogens is 1. The summed E-state index contributed by atoms with van der Waals surface area (Å²) in [7, 11) is 0. The van der Waals surface area contributed by atoms with E-state index in [1.54, 1.807) is 0 Å². The normalized spacial score (nSPS) is 45.3. The van der Waals surface area contributed by atoms with Crippen molar-refractivity contribution in [3.63, 3.8) is 0 Å². The monoisotopic (exact) mass is 252 g/mol. The van der Waals surface area contributed by atoms with E-state index in [2.05, 4.69) is 22.6 Å². The predicted molar refractivity (Wildman–Crippen MR) is 45.0 cm³/mol. The molecule has 2 rings (SSSR count). The van der Waals surface area contributed by atoms with Gasteiger partial charge in [-0.15, -0.1) is 0 Å². The van der Waals surface area contributed by atoms with Gasteiger partial charge in [0, 0.05) is 3.92 Å². The molecule has 1 unspecified atom stereocenters. The van der Waals surface area contributed by atoms with E-state index < -0.39 is 0 Å². The van der Waals surface area contributed by atoms with Crippen LogP contribution in [0.15, 0.2) is 0 Å². The number of esters is 1. The van der Waals surface area contributed by atoms with E-state index in [0.717, 1.165) is 19.3 Å². The molecule has 0 aromatic rings. The smallest absolute Gasteiger partial charge is 0.309 e. The molecule has 2 fully saturated rings. The zero-order valence-corrected chi connectivity index (χ0v) is 7.71. The lowest BCUT2D eigenvalue weighted by Gasteiger charge is -2.19. The Morgan fingerprint density at radius 3 is 3.00 bits per heavy atom. The maximum Gasteiger partial charge on any atom is 0.309 e. The summed E-state index contributed by atoms with van der Waals surface area (Å²) in [4.78, 5) is 11.0. The molecule has 0 aromatic carbocycles. The van der Waals surface area contributed by atoms with E-state index in [4.69, 9.17) is 4.74 Å². The second-order valence-electron chi connectivity index (χ2n) is 3.00. The molecule has 10 heavy (non-hydrogen) atoms. The zero-order chi connectivity index (χ0) is 7.14. The Bertz CT molecular complexity index is 169. The molecular formula is C7H9IO2. The van der Waals surface area contributed by atoms with Gasteiger partial charge in [-0.25, -0.2) is 0 Å². The van der Waals surface area contributed by atoms with Crippen LogP contribution in [0, 0.1) is 5.92 Å². The lowest BCUT2D eigenvalue weighted by atomic mass is 9.90. The van der Waals surface area contributed by atoms with Crippen LogP contribution in [0.1, 0.15) is 19.3 Å². The molecule has 1 aliphatic heterocycles. The summed E-state index contributed by atoms with van der Waals surface area (Å²) in [5, 5.41) is 0. The summed E-state index contributed by atoms with van der Waals surface area (Å²) in [6.07, 6.45) is 3.42. The highest BCUT2D eigenvalue weighted by Gasteiger charge is 2.41. The zero-order valence-electron chi connectivity index (χ0n) is 5.55. The second-order valence-corrected chi connectivity index (χ2v) is 4.60. The van der Waals surface area contributed by atoms with Gasteiger partial charge in [0.1, 0.15) is 6.10 Å². The van der Waals surface area contributed by atoms with Gasteiger partial charge in [-0.1, -0.05) is 22.6 Å². The first kappa shape index (κ1) is 6.88. The third kappa shape index (κ3) is 0.946. The molecule has 3 heteroatoms. The maximum atomic E-state index is 11.0. The molecule has 1 aliphatic carbocycles. The fourth-order valence-electron chi connectivity index (χ4n) is 1.67. The van der Waals surface area contributed by atoms with Crippen LogP contribution < -0.4 is 0 Å². The van der Waals surface area contributed by atoms with E-state index in [1.807, 2.05) is 0 Å². The summed E-state index contributed by atoms with van der Waals surface area (Å²) in [5.74, 6) is 0.292. The topological polar surface area (TPSA) is 26.3 Å². The standard InChI is InChI=1S/C7H9IO2/c8-5-2-1-4-3-6(5)10-7(4)9/h4-6H,1-3H2/t4?,5-,6-/m1/s1. The number of alkyl halides is 1. The highest BCUT2D eigenvalue weighted by atomic mass is 127.